The van der Waals surface area contributed by atoms with Gasteiger partial charge in [-0.1, -0.05) is 35.5 Å². The van der Waals surface area contributed by atoms with Gasteiger partial charge in [0, 0.05) is 14.8 Å². The minimum Gasteiger partial charge on any atom is -0.454 e. The van der Waals surface area contributed by atoms with Crippen LogP contribution in [0.2, 0.25) is 5.02 Å². The van der Waals surface area contributed by atoms with Gasteiger partial charge >= 0.3 is 5.97 Å². The molecule has 1 heterocycles. The van der Waals surface area contributed by atoms with Gasteiger partial charge in [-0.25, -0.2) is 4.79 Å². The zero-order chi connectivity index (χ0) is 20.9. The lowest BCUT2D eigenvalue weighted by atomic mass is 10.2. The molecule has 30 heavy (non-hydrogen) atoms. The number of halogens is 1. The molecule has 1 aliphatic rings. The molecule has 3 aromatic rings. The van der Waals surface area contributed by atoms with Crippen LogP contribution in [0.15, 0.2) is 76.5 Å². The minimum atomic E-state index is -0.618. The predicted molar refractivity (Wildman–Crippen MR) is 113 cm³/mol. The molecule has 0 bridgehead atoms. The number of hydrogen-bond donors (Lipinski definition) is 1. The molecule has 0 radical (unpaired) electrons. The Labute approximate surface area is 182 Å². The second kappa shape index (κ2) is 9.11. The molecule has 0 fully saturated rings. The van der Waals surface area contributed by atoms with E-state index in [1.807, 2.05) is 30.3 Å². The summed E-state index contributed by atoms with van der Waals surface area (Å²) in [4.78, 5) is 26.4. The van der Waals surface area contributed by atoms with Crippen molar-refractivity contribution in [3.05, 3.63) is 77.3 Å². The first-order chi connectivity index (χ1) is 14.6. The van der Waals surface area contributed by atoms with E-state index in [0.717, 1.165) is 9.79 Å². The van der Waals surface area contributed by atoms with Crippen molar-refractivity contribution < 1.29 is 23.8 Å². The molecule has 0 aliphatic carbocycles. The van der Waals surface area contributed by atoms with E-state index < -0.39 is 18.5 Å². The van der Waals surface area contributed by atoms with Gasteiger partial charge in [0.25, 0.3) is 5.91 Å². The average Bonchev–Trinajstić information content (AvgIpc) is 3.23. The fourth-order valence-electron chi connectivity index (χ4n) is 2.71. The number of ether oxygens (including phenoxy) is 3. The van der Waals surface area contributed by atoms with E-state index in [-0.39, 0.29) is 12.4 Å². The number of para-hydroxylation sites is 1. The highest BCUT2D eigenvalue weighted by Crippen LogP contribution is 2.34. The largest absolute Gasteiger partial charge is 0.454 e. The van der Waals surface area contributed by atoms with Crippen LogP contribution >= 0.6 is 23.4 Å². The van der Waals surface area contributed by atoms with E-state index in [9.17, 15) is 9.59 Å². The molecule has 152 valence electrons. The summed E-state index contributed by atoms with van der Waals surface area (Å²) in [6.07, 6.45) is 0. The molecule has 1 amide bonds. The highest BCUT2D eigenvalue weighted by molar-refractivity contribution is 7.99. The number of hydrogen-bond acceptors (Lipinski definition) is 6. The maximum atomic E-state index is 12.3. The summed E-state index contributed by atoms with van der Waals surface area (Å²) in [6.45, 7) is -0.295. The Morgan fingerprint density at radius 1 is 1.00 bits per heavy atom. The quantitative estimate of drug-likeness (QED) is 0.542. The van der Waals surface area contributed by atoms with Gasteiger partial charge in [0.1, 0.15) is 0 Å². The standard InChI is InChI=1S/C22H16ClNO5S/c23-15-6-8-16(9-7-15)30-20-4-2-1-3-17(20)24-21(25)12-27-22(26)14-5-10-18-19(11-14)29-13-28-18/h1-11H,12-13H2,(H,24,25). The van der Waals surface area contributed by atoms with Crippen molar-refractivity contribution in [3.63, 3.8) is 0 Å². The lowest BCUT2D eigenvalue weighted by Crippen LogP contribution is -2.21. The molecule has 0 aromatic heterocycles. The molecule has 0 unspecified atom stereocenters. The Morgan fingerprint density at radius 3 is 2.60 bits per heavy atom. The van der Waals surface area contributed by atoms with Crippen molar-refractivity contribution in [1.29, 1.82) is 0 Å². The van der Waals surface area contributed by atoms with Gasteiger partial charge in [0.15, 0.2) is 18.1 Å². The fraction of sp³-hybridized carbons (Fsp3) is 0.0909. The summed E-state index contributed by atoms with van der Waals surface area (Å²) in [6, 6.07) is 19.5. The van der Waals surface area contributed by atoms with Crippen molar-refractivity contribution in [1.82, 2.24) is 0 Å². The lowest BCUT2D eigenvalue weighted by Gasteiger charge is -2.11. The zero-order valence-corrected chi connectivity index (χ0v) is 17.2. The number of carbonyl (C=O) groups excluding carboxylic acids is 2. The van der Waals surface area contributed by atoms with Crippen LogP contribution < -0.4 is 14.8 Å². The maximum Gasteiger partial charge on any atom is 0.338 e. The minimum absolute atomic E-state index is 0.115. The topological polar surface area (TPSA) is 73.9 Å². The van der Waals surface area contributed by atoms with Gasteiger partial charge in [-0.05, 0) is 54.6 Å². The van der Waals surface area contributed by atoms with Gasteiger partial charge in [-0.2, -0.15) is 0 Å². The monoisotopic (exact) mass is 441 g/mol. The lowest BCUT2D eigenvalue weighted by molar-refractivity contribution is -0.119. The Balaban J connectivity index is 1.36. The first kappa shape index (κ1) is 20.1. The van der Waals surface area contributed by atoms with Crippen LogP contribution in [-0.2, 0) is 9.53 Å². The van der Waals surface area contributed by atoms with Gasteiger partial charge < -0.3 is 19.5 Å². The van der Waals surface area contributed by atoms with E-state index in [2.05, 4.69) is 5.32 Å². The second-order valence-electron chi connectivity index (χ2n) is 6.24. The first-order valence-corrected chi connectivity index (χ1v) is 10.2. The Kier molecular flexibility index (Phi) is 6.11. The molecule has 1 N–H and O–H groups in total. The van der Waals surface area contributed by atoms with Crippen molar-refractivity contribution in [2.45, 2.75) is 9.79 Å². The molecule has 0 saturated carbocycles. The molecule has 3 aromatic carbocycles. The van der Waals surface area contributed by atoms with Crippen LogP contribution in [0.3, 0.4) is 0 Å². The van der Waals surface area contributed by atoms with Crippen molar-refractivity contribution in [2.75, 3.05) is 18.7 Å². The van der Waals surface area contributed by atoms with Crippen molar-refractivity contribution >= 4 is 40.9 Å². The average molecular weight is 442 g/mol. The molecule has 6 nitrogen and oxygen atoms in total. The molecule has 0 saturated heterocycles. The molecular formula is C22H16ClNO5S. The van der Waals surface area contributed by atoms with E-state index in [4.69, 9.17) is 25.8 Å². The van der Waals surface area contributed by atoms with E-state index in [1.165, 1.54) is 17.8 Å². The predicted octanol–water partition coefficient (Wildman–Crippen LogP) is 5.02. The third kappa shape index (κ3) is 4.87. The van der Waals surface area contributed by atoms with Crippen LogP contribution in [0, 0.1) is 0 Å². The molecule has 0 spiro atoms. The highest BCUT2D eigenvalue weighted by atomic mass is 35.5. The summed E-state index contributed by atoms with van der Waals surface area (Å²) in [5.41, 5.74) is 0.910. The number of fused-ring (bicyclic) bond motifs is 1. The van der Waals surface area contributed by atoms with Crippen LogP contribution in [-0.4, -0.2) is 25.3 Å². The fourth-order valence-corrected chi connectivity index (χ4v) is 3.74. The third-order valence-corrected chi connectivity index (χ3v) is 5.48. The van der Waals surface area contributed by atoms with Crippen molar-refractivity contribution in [3.8, 4) is 11.5 Å². The van der Waals surface area contributed by atoms with E-state index in [1.54, 1.807) is 30.3 Å². The third-order valence-electron chi connectivity index (χ3n) is 4.15. The Bertz CT molecular complexity index is 1090. The summed E-state index contributed by atoms with van der Waals surface area (Å²) in [5.74, 6) is -0.0123. The number of anilines is 1. The Hall–Kier alpha value is -3.16. The smallest absolute Gasteiger partial charge is 0.338 e. The van der Waals surface area contributed by atoms with Gasteiger partial charge in [-0.3, -0.25) is 4.79 Å². The summed E-state index contributed by atoms with van der Waals surface area (Å²) >= 11 is 7.42. The number of nitrogens with one attached hydrogen (secondary N) is 1. The Morgan fingerprint density at radius 2 is 1.77 bits per heavy atom. The van der Waals surface area contributed by atoms with Crippen LogP contribution in [0.5, 0.6) is 11.5 Å². The van der Waals surface area contributed by atoms with Crippen LogP contribution in [0.4, 0.5) is 5.69 Å². The number of rotatable bonds is 6. The van der Waals surface area contributed by atoms with Gasteiger partial charge in [0.05, 0.1) is 11.3 Å². The maximum absolute atomic E-state index is 12.3. The first-order valence-electron chi connectivity index (χ1n) is 8.97. The number of carbonyl (C=O) groups is 2. The van der Waals surface area contributed by atoms with E-state index in [0.29, 0.717) is 22.2 Å². The molecule has 0 atom stereocenters. The summed E-state index contributed by atoms with van der Waals surface area (Å²) < 4.78 is 15.6. The normalized spacial score (nSPS) is 11.8. The molecular weight excluding hydrogens is 426 g/mol. The SMILES string of the molecule is O=C(COC(=O)c1ccc2c(c1)OCO2)Nc1ccccc1Sc1ccc(Cl)cc1. The number of amides is 1. The van der Waals surface area contributed by atoms with Gasteiger partial charge in [0.2, 0.25) is 6.79 Å². The van der Waals surface area contributed by atoms with Crippen molar-refractivity contribution in [2.24, 2.45) is 0 Å². The number of benzene rings is 3. The summed E-state index contributed by atoms with van der Waals surface area (Å²) in [5, 5.41) is 3.44. The zero-order valence-electron chi connectivity index (χ0n) is 15.6. The molecule has 4 rings (SSSR count). The molecule has 1 aliphatic heterocycles. The number of esters is 1. The highest BCUT2D eigenvalue weighted by Gasteiger charge is 2.18. The molecule has 8 heteroatoms. The summed E-state index contributed by atoms with van der Waals surface area (Å²) in [7, 11) is 0. The van der Waals surface area contributed by atoms with Crippen LogP contribution in [0.1, 0.15) is 10.4 Å². The van der Waals surface area contributed by atoms with E-state index >= 15 is 0 Å². The van der Waals surface area contributed by atoms with Gasteiger partial charge in [-0.15, -0.1) is 0 Å². The van der Waals surface area contributed by atoms with Crippen LogP contribution in [0.25, 0.3) is 0 Å². The second-order valence-corrected chi connectivity index (χ2v) is 7.80.